The van der Waals surface area contributed by atoms with Gasteiger partial charge in [0, 0.05) is 13.1 Å². The van der Waals surface area contributed by atoms with Crippen molar-refractivity contribution in [1.82, 2.24) is 0 Å². The molecular weight excluding hydrogens is 324 g/mol. The van der Waals surface area contributed by atoms with Crippen molar-refractivity contribution in [1.29, 1.82) is 0 Å². The van der Waals surface area contributed by atoms with Crippen LogP contribution < -0.4 is 10.2 Å². The van der Waals surface area contributed by atoms with Crippen LogP contribution in [0.3, 0.4) is 0 Å². The number of carbonyl (C=O) groups is 1. The summed E-state index contributed by atoms with van der Waals surface area (Å²) in [6.07, 6.45) is 1.46. The summed E-state index contributed by atoms with van der Waals surface area (Å²) < 4.78 is 5.43. The van der Waals surface area contributed by atoms with Crippen LogP contribution in [0.25, 0.3) is 0 Å². The summed E-state index contributed by atoms with van der Waals surface area (Å²) in [5.41, 5.74) is 4.30. The topological polar surface area (TPSA) is 41.6 Å². The molecule has 2 aromatic carbocycles. The van der Waals surface area contributed by atoms with Crippen LogP contribution in [0.1, 0.15) is 25.0 Å². The Kier molecular flexibility index (Phi) is 6.29. The Balaban J connectivity index is 1.63. The van der Waals surface area contributed by atoms with Gasteiger partial charge in [0.2, 0.25) is 5.91 Å². The molecule has 2 aromatic rings. The number of carbonyl (C=O) groups excluding carboxylic acids is 1. The number of benzene rings is 2. The average molecular weight is 352 g/mol. The summed E-state index contributed by atoms with van der Waals surface area (Å²) >= 11 is 0. The fourth-order valence-corrected chi connectivity index (χ4v) is 3.30. The van der Waals surface area contributed by atoms with Crippen molar-refractivity contribution in [3.05, 3.63) is 59.7 Å². The molecule has 26 heavy (non-hydrogen) atoms. The second-order valence-corrected chi connectivity index (χ2v) is 7.26. The Bertz CT molecular complexity index is 719. The van der Waals surface area contributed by atoms with E-state index in [9.17, 15) is 4.79 Å². The van der Waals surface area contributed by atoms with Gasteiger partial charge >= 0.3 is 0 Å². The molecule has 1 saturated heterocycles. The van der Waals surface area contributed by atoms with Crippen LogP contribution in [0.2, 0.25) is 0 Å². The number of nitrogens with one attached hydrogen (secondary N) is 1. The van der Waals surface area contributed by atoms with Gasteiger partial charge in [-0.15, -0.1) is 0 Å². The highest BCUT2D eigenvalue weighted by Gasteiger charge is 2.15. The minimum absolute atomic E-state index is 0.0160. The zero-order valence-electron chi connectivity index (χ0n) is 15.7. The number of anilines is 2. The van der Waals surface area contributed by atoms with Gasteiger partial charge in [0.1, 0.15) is 0 Å². The quantitative estimate of drug-likeness (QED) is 0.857. The Morgan fingerprint density at radius 2 is 1.69 bits per heavy atom. The van der Waals surface area contributed by atoms with Gasteiger partial charge in [-0.2, -0.15) is 0 Å². The number of ether oxygens (including phenoxy) is 1. The molecule has 0 aromatic heterocycles. The van der Waals surface area contributed by atoms with E-state index in [0.29, 0.717) is 12.3 Å². The fraction of sp³-hybridized carbons (Fsp3) is 0.409. The lowest BCUT2D eigenvalue weighted by molar-refractivity contribution is -0.115. The number of nitrogens with zero attached hydrogens (tertiary/aromatic N) is 1. The lowest BCUT2D eigenvalue weighted by Crippen LogP contribution is -2.36. The number of para-hydroxylation sites is 2. The van der Waals surface area contributed by atoms with E-state index < -0.39 is 0 Å². The van der Waals surface area contributed by atoms with Gasteiger partial charge < -0.3 is 15.0 Å². The Morgan fingerprint density at radius 3 is 2.38 bits per heavy atom. The maximum Gasteiger partial charge on any atom is 0.228 e. The molecule has 0 atom stereocenters. The lowest BCUT2D eigenvalue weighted by Gasteiger charge is -2.30. The highest BCUT2D eigenvalue weighted by molar-refractivity contribution is 5.95. The molecule has 3 rings (SSSR count). The van der Waals surface area contributed by atoms with E-state index in [-0.39, 0.29) is 5.91 Å². The van der Waals surface area contributed by atoms with E-state index in [1.54, 1.807) is 0 Å². The van der Waals surface area contributed by atoms with Gasteiger partial charge in [-0.1, -0.05) is 50.2 Å². The van der Waals surface area contributed by atoms with E-state index in [2.05, 4.69) is 54.4 Å². The average Bonchev–Trinajstić information content (AvgIpc) is 2.64. The summed E-state index contributed by atoms with van der Waals surface area (Å²) in [5, 5.41) is 3.08. The van der Waals surface area contributed by atoms with Gasteiger partial charge in [0.25, 0.3) is 0 Å². The molecule has 0 saturated carbocycles. The first-order valence-corrected chi connectivity index (χ1v) is 9.41. The number of rotatable bonds is 6. The van der Waals surface area contributed by atoms with Gasteiger partial charge in [-0.25, -0.2) is 0 Å². The lowest BCUT2D eigenvalue weighted by atomic mass is 10.0. The molecule has 1 heterocycles. The molecule has 1 N–H and O–H groups in total. The molecule has 1 aliphatic heterocycles. The molecule has 0 unspecified atom stereocenters. The summed E-state index contributed by atoms with van der Waals surface area (Å²) in [5.74, 6) is 0.656. The first-order chi connectivity index (χ1) is 12.6. The summed E-state index contributed by atoms with van der Waals surface area (Å²) in [6.45, 7) is 7.59. The van der Waals surface area contributed by atoms with Crippen molar-refractivity contribution < 1.29 is 9.53 Å². The molecule has 1 fully saturated rings. The third kappa shape index (κ3) is 5.09. The van der Waals surface area contributed by atoms with Crippen LogP contribution in [-0.2, 0) is 22.4 Å². The zero-order chi connectivity index (χ0) is 18.4. The molecule has 138 valence electrons. The Hall–Kier alpha value is -2.33. The summed E-state index contributed by atoms with van der Waals surface area (Å²) in [4.78, 5) is 14.8. The molecular formula is C22H28N2O2. The van der Waals surface area contributed by atoms with E-state index in [0.717, 1.165) is 49.7 Å². The monoisotopic (exact) mass is 352 g/mol. The number of hydrogen-bond donors (Lipinski definition) is 1. The molecule has 1 aliphatic rings. The normalized spacial score (nSPS) is 14.5. The SMILES string of the molecule is CC(C)Cc1ccc(CC(=O)Nc2ccccc2N2CCOCC2)cc1. The third-order valence-electron chi connectivity index (χ3n) is 4.56. The standard InChI is InChI=1S/C22H28N2O2/c1-17(2)15-18-7-9-19(10-8-18)16-22(25)23-20-5-3-4-6-21(20)24-11-13-26-14-12-24/h3-10,17H,11-16H2,1-2H3,(H,23,25). The van der Waals surface area contributed by atoms with E-state index in [4.69, 9.17) is 4.74 Å². The molecule has 4 heteroatoms. The maximum absolute atomic E-state index is 12.5. The molecule has 0 radical (unpaired) electrons. The Labute approximate surface area is 156 Å². The first kappa shape index (κ1) is 18.5. The minimum Gasteiger partial charge on any atom is -0.378 e. The van der Waals surface area contributed by atoms with Gasteiger partial charge in [-0.3, -0.25) is 4.79 Å². The second kappa shape index (κ2) is 8.86. The van der Waals surface area contributed by atoms with Crippen molar-refractivity contribution in [2.24, 2.45) is 5.92 Å². The largest absolute Gasteiger partial charge is 0.378 e. The van der Waals surface area contributed by atoms with Gasteiger partial charge in [0.05, 0.1) is 31.0 Å². The molecule has 0 bridgehead atoms. The second-order valence-electron chi connectivity index (χ2n) is 7.26. The molecule has 1 amide bonds. The van der Waals surface area contributed by atoms with E-state index in [1.807, 2.05) is 18.2 Å². The maximum atomic E-state index is 12.5. The Morgan fingerprint density at radius 1 is 1.04 bits per heavy atom. The predicted molar refractivity (Wildman–Crippen MR) is 107 cm³/mol. The van der Waals surface area contributed by atoms with Gasteiger partial charge in [0.15, 0.2) is 0 Å². The van der Waals surface area contributed by atoms with Crippen LogP contribution in [0.5, 0.6) is 0 Å². The summed E-state index contributed by atoms with van der Waals surface area (Å²) in [7, 11) is 0. The van der Waals surface area contributed by atoms with Crippen LogP contribution in [-0.4, -0.2) is 32.2 Å². The van der Waals surface area contributed by atoms with Crippen LogP contribution in [0.15, 0.2) is 48.5 Å². The minimum atomic E-state index is 0.0160. The van der Waals surface area contributed by atoms with Crippen LogP contribution in [0, 0.1) is 5.92 Å². The van der Waals surface area contributed by atoms with Crippen molar-refractivity contribution in [3.8, 4) is 0 Å². The zero-order valence-corrected chi connectivity index (χ0v) is 15.7. The van der Waals surface area contributed by atoms with Crippen LogP contribution >= 0.6 is 0 Å². The van der Waals surface area contributed by atoms with Gasteiger partial charge in [-0.05, 0) is 35.6 Å². The van der Waals surface area contributed by atoms with Crippen LogP contribution in [0.4, 0.5) is 11.4 Å². The number of amides is 1. The first-order valence-electron chi connectivity index (χ1n) is 9.41. The highest BCUT2D eigenvalue weighted by Crippen LogP contribution is 2.26. The van der Waals surface area contributed by atoms with Crippen molar-refractivity contribution in [2.45, 2.75) is 26.7 Å². The van der Waals surface area contributed by atoms with Crippen molar-refractivity contribution in [3.63, 3.8) is 0 Å². The molecule has 4 nitrogen and oxygen atoms in total. The van der Waals surface area contributed by atoms with Crippen molar-refractivity contribution >= 4 is 17.3 Å². The third-order valence-corrected chi connectivity index (χ3v) is 4.56. The molecule has 0 aliphatic carbocycles. The van der Waals surface area contributed by atoms with E-state index >= 15 is 0 Å². The number of morpholine rings is 1. The predicted octanol–water partition coefficient (Wildman–Crippen LogP) is 3.90. The molecule has 0 spiro atoms. The fourth-order valence-electron chi connectivity index (χ4n) is 3.30. The smallest absolute Gasteiger partial charge is 0.228 e. The summed E-state index contributed by atoms with van der Waals surface area (Å²) in [6, 6.07) is 16.4. The number of hydrogen-bond acceptors (Lipinski definition) is 3. The van der Waals surface area contributed by atoms with Crippen molar-refractivity contribution in [2.75, 3.05) is 36.5 Å². The highest BCUT2D eigenvalue weighted by atomic mass is 16.5. The van der Waals surface area contributed by atoms with E-state index in [1.165, 1.54) is 5.56 Å².